The van der Waals surface area contributed by atoms with Gasteiger partial charge in [0.2, 0.25) is 5.78 Å². The number of hydrogen-bond donors (Lipinski definition) is 12. The smallest absolute Gasteiger partial charge is 0.333 e. The molecule has 0 aromatic carbocycles. The number of nitrogens with two attached hydrogens (primary N) is 4. The number of nitrogens with zero attached hydrogens (tertiary/aromatic N) is 10. The third-order valence-corrected chi connectivity index (χ3v) is 29.5. The maximum Gasteiger partial charge on any atom is 0.333 e. The van der Waals surface area contributed by atoms with Crippen LogP contribution in [0.1, 0.15) is 280 Å². The van der Waals surface area contributed by atoms with Crippen LogP contribution in [0.15, 0.2) is 86.5 Å². The van der Waals surface area contributed by atoms with Crippen LogP contribution in [0, 0.1) is 101 Å². The monoisotopic (exact) mass is 1990 g/mol. The Morgan fingerprint density at radius 3 is 0.883 bits per heavy atom. The van der Waals surface area contributed by atoms with Gasteiger partial charge in [0.1, 0.15) is 17.8 Å². The zero-order chi connectivity index (χ0) is 103. The third-order valence-electron chi connectivity index (χ3n) is 27.7. The Morgan fingerprint density at radius 2 is 0.635 bits per heavy atom. The van der Waals surface area contributed by atoms with Crippen LogP contribution in [0.25, 0.3) is 0 Å². The Kier molecular flexibility index (Phi) is 34.6. The minimum atomic E-state index is -4.11. The Hall–Kier alpha value is -9.22. The van der Waals surface area contributed by atoms with Crippen molar-refractivity contribution >= 4 is 87.2 Å². The first kappa shape index (κ1) is 113. The molecule has 4 aliphatic carbocycles. The summed E-state index contributed by atoms with van der Waals surface area (Å²) in [5.41, 5.74) is 9.81. The highest BCUT2D eigenvalue weighted by atomic mass is 32.2. The molecule has 38 nitrogen and oxygen atoms in total. The summed E-state index contributed by atoms with van der Waals surface area (Å²) in [7, 11) is -16.4. The van der Waals surface area contributed by atoms with Crippen LogP contribution in [0.4, 0.5) is 22.9 Å². The van der Waals surface area contributed by atoms with Gasteiger partial charge in [-0.2, -0.15) is 38.8 Å². The van der Waals surface area contributed by atoms with Crippen LogP contribution < -0.4 is 41.8 Å². The molecular weight excluding hydrogens is 1840 g/mol. The zero-order valence-corrected chi connectivity index (χ0v) is 86.7. The van der Waals surface area contributed by atoms with Crippen LogP contribution in [0.3, 0.4) is 0 Å². The maximum absolute atomic E-state index is 13.6. The highest BCUT2D eigenvalue weighted by Crippen LogP contribution is 2.49. The standard InChI is InChI=1S/2C24H36N4O5S.2C23H35N5O5S.CH4/c2*1-14-15(2)28(23(3,4)5)12-18(14)21(29)17-11-26-9-8-19(17)27-20-10-16(13-33-34(25,31)32)22(30)24(20,6)7;1-13-14(2)28(22(3,4)5)10-17(13)19(29)16-9-25-12-26-21(16)27-18-8-15(11-33-34(24,31)32)20(30)23(18,6)7;1-13-14(2)28(22(3,4)5)27-19(13)20(29)16-11-25-9-8-17(16)26-18-10-15(12-33-34(24,31)32)21(30)23(18,6)7;/h2*8-9,11-12,16,20,22,30H,10,13H2,1-7H3,(H,26,27)(H2,25,31,32);9-10,12,15,18,20,30H,8,11H2,1-7H3,(H2,24,31,32)(H,25,26,27);8-9,11,15,18,21,30H,10,12H2,1-7H3,(H,25,26)(H2,24,31,32);1H4/t2*16-,20-,22-;15-,18-,20-;15-,18-,21-;/m1111./s1. The number of carbonyl (C=O) groups is 4. The molecule has 0 aliphatic heterocycles. The highest BCUT2D eigenvalue weighted by Gasteiger charge is 2.54. The molecule has 4 aliphatic rings. The summed E-state index contributed by atoms with van der Waals surface area (Å²) in [4.78, 5) is 75.2. The Labute approximate surface area is 808 Å². The summed E-state index contributed by atoms with van der Waals surface area (Å²) in [5.74, 6) is -2.12. The lowest BCUT2D eigenvalue weighted by atomic mass is 9.84. The van der Waals surface area contributed by atoms with Gasteiger partial charge < -0.3 is 55.4 Å². The van der Waals surface area contributed by atoms with Crippen molar-refractivity contribution < 1.29 is 90.0 Å². The van der Waals surface area contributed by atoms with Gasteiger partial charge in [-0.3, -0.25) is 55.5 Å². The molecule has 16 N–H and O–H groups in total. The van der Waals surface area contributed by atoms with Crippen LogP contribution in [0.2, 0.25) is 0 Å². The van der Waals surface area contributed by atoms with E-state index in [0.29, 0.717) is 93.2 Å². The predicted molar refractivity (Wildman–Crippen MR) is 526 cm³/mol. The second-order valence-corrected chi connectivity index (χ2v) is 47.7. The van der Waals surface area contributed by atoms with Gasteiger partial charge in [0.05, 0.1) is 78.6 Å². The Balaban J connectivity index is 0.000000224. The molecule has 137 heavy (non-hydrogen) atoms. The quantitative estimate of drug-likeness (QED) is 0.0203. The fourth-order valence-electron chi connectivity index (χ4n) is 18.9. The molecule has 0 radical (unpaired) electrons. The van der Waals surface area contributed by atoms with E-state index < -0.39 is 111 Å². The lowest BCUT2D eigenvalue weighted by molar-refractivity contribution is 0.0282. The molecule has 0 unspecified atom stereocenters. The van der Waals surface area contributed by atoms with Gasteiger partial charge >= 0.3 is 41.2 Å². The summed E-state index contributed by atoms with van der Waals surface area (Å²) in [6.07, 6.45) is 16.3. The van der Waals surface area contributed by atoms with Crippen molar-refractivity contribution in [1.82, 2.24) is 48.4 Å². The molecule has 0 spiro atoms. The fraction of sp³-hybridized carbons (Fsp3) is 0.600. The van der Waals surface area contributed by atoms with Crippen molar-refractivity contribution in [3.63, 3.8) is 0 Å². The summed E-state index contributed by atoms with van der Waals surface area (Å²) in [6, 6.07) is 4.15. The molecule has 0 saturated heterocycles. The van der Waals surface area contributed by atoms with Crippen molar-refractivity contribution in [2.75, 3.05) is 47.7 Å². The number of rotatable bonds is 28. The predicted octanol–water partition coefficient (Wildman–Crippen LogP) is 11.0. The number of aliphatic hydroxyl groups excluding tert-OH is 4. The van der Waals surface area contributed by atoms with Crippen LogP contribution >= 0.6 is 0 Å². The van der Waals surface area contributed by atoms with Gasteiger partial charge in [-0.05, 0) is 199 Å². The lowest BCUT2D eigenvalue weighted by Gasteiger charge is -2.32. The van der Waals surface area contributed by atoms with E-state index >= 15 is 0 Å². The molecule has 42 heteroatoms. The number of aliphatic hydroxyl groups is 4. The Bertz CT molecular complexity index is 5470. The molecule has 8 heterocycles. The topological polar surface area (TPSA) is 572 Å². The minimum Gasteiger partial charge on any atom is -0.392 e. The van der Waals surface area contributed by atoms with Gasteiger partial charge in [0.25, 0.3) is 0 Å². The lowest BCUT2D eigenvalue weighted by Crippen LogP contribution is -2.39. The molecular formula is C95H146N18O20S4. The van der Waals surface area contributed by atoms with E-state index in [1.54, 1.807) is 49.2 Å². The largest absolute Gasteiger partial charge is 0.392 e. The zero-order valence-electron chi connectivity index (χ0n) is 83.4. The first-order chi connectivity index (χ1) is 62.1. The molecule has 12 rings (SSSR count). The first-order valence-electron chi connectivity index (χ1n) is 45.1. The van der Waals surface area contributed by atoms with Gasteiger partial charge in [-0.25, -0.2) is 30.5 Å². The van der Waals surface area contributed by atoms with E-state index in [4.69, 9.17) is 37.3 Å². The average molecular weight is 1990 g/mol. The van der Waals surface area contributed by atoms with E-state index in [2.05, 4.69) is 127 Å². The number of aromatic nitrogens is 10. The van der Waals surface area contributed by atoms with Crippen LogP contribution in [0.5, 0.6) is 0 Å². The van der Waals surface area contributed by atoms with Gasteiger partial charge in [-0.1, -0.05) is 62.8 Å². The van der Waals surface area contributed by atoms with E-state index in [1.165, 1.54) is 18.7 Å². The number of ketones is 4. The van der Waals surface area contributed by atoms with Crippen molar-refractivity contribution in [2.45, 2.75) is 298 Å². The summed E-state index contributed by atoms with van der Waals surface area (Å²) in [6.45, 7) is 54.7. The molecule has 4 saturated carbocycles. The SMILES string of the molecule is C.Cc1c(C(=O)c2cnccc2N[C@@H]2C[C@H](COS(N)(=O)=O)[C@@H](O)C2(C)C)cn(C(C)(C)C)c1C.Cc1c(C(=O)c2cnccc2N[C@@H]2C[C@H](COS(N)(=O)=O)[C@@H](O)C2(C)C)cn(C(C)(C)C)c1C.Cc1c(C(=O)c2cnccc2N[C@@H]2C[C@H](COS(N)(=O)=O)[C@@H](O)C2(C)C)nn(C(C)(C)C)c1C.Cc1c(C(=O)c2cncnc2N[C@@H]2C[C@H](COS(N)(=O)=O)[C@@H](O)C2(C)C)cn(C(C)(C)C)c1C. The van der Waals surface area contributed by atoms with Gasteiger partial charge in [0, 0.05) is 210 Å². The molecule has 12 atom stereocenters. The normalized spacial score (nSPS) is 22.5. The maximum atomic E-state index is 13.6. The summed E-state index contributed by atoms with van der Waals surface area (Å²) < 4.78 is 117. The van der Waals surface area contributed by atoms with Gasteiger partial charge in [0.15, 0.2) is 17.3 Å². The third kappa shape index (κ3) is 26.1. The van der Waals surface area contributed by atoms with Crippen LogP contribution in [-0.2, 0) is 80.1 Å². The fourth-order valence-corrected chi connectivity index (χ4v) is 20.3. The summed E-state index contributed by atoms with van der Waals surface area (Å²) >= 11 is 0. The van der Waals surface area contributed by atoms with Crippen molar-refractivity contribution in [1.29, 1.82) is 0 Å². The van der Waals surface area contributed by atoms with Crippen molar-refractivity contribution in [3.05, 3.63) is 176 Å². The van der Waals surface area contributed by atoms with Crippen molar-refractivity contribution in [3.8, 4) is 0 Å². The summed E-state index contributed by atoms with van der Waals surface area (Å²) in [5, 5.41) is 81.2. The van der Waals surface area contributed by atoms with E-state index in [0.717, 1.165) is 45.0 Å². The Morgan fingerprint density at radius 1 is 0.380 bits per heavy atom. The number of anilines is 4. The number of nitrogens with one attached hydrogen (secondary N) is 4. The molecule has 0 bridgehead atoms. The molecule has 4 fully saturated rings. The number of hydrogen-bond acceptors (Lipinski definition) is 30. The number of carbonyl (C=O) groups excluding carboxylic acids is 4. The molecule has 8 aromatic rings. The molecule has 760 valence electrons. The number of pyridine rings is 3. The second-order valence-electron chi connectivity index (χ2n) is 42.8. The average Bonchev–Trinajstić information content (AvgIpc) is 1.63. The van der Waals surface area contributed by atoms with Crippen molar-refractivity contribution in [2.24, 2.45) is 65.9 Å². The minimum absolute atomic E-state index is 0. The van der Waals surface area contributed by atoms with Gasteiger partial charge in [-0.15, -0.1) is 0 Å². The highest BCUT2D eigenvalue weighted by molar-refractivity contribution is 7.85. The first-order valence-corrected chi connectivity index (χ1v) is 51.0. The molecule has 8 aromatic heterocycles. The second kappa shape index (κ2) is 41.9. The molecule has 0 amide bonds. The van der Waals surface area contributed by atoms with E-state index in [-0.39, 0.29) is 103 Å². The van der Waals surface area contributed by atoms with E-state index in [1.807, 2.05) is 155 Å². The van der Waals surface area contributed by atoms with Crippen LogP contribution in [-0.4, -0.2) is 201 Å². The van der Waals surface area contributed by atoms with E-state index in [9.17, 15) is 73.3 Å².